The third-order valence-electron chi connectivity index (χ3n) is 4.68. The molecule has 2 atom stereocenters. The van der Waals surface area contributed by atoms with Gasteiger partial charge in [0.05, 0.1) is 17.8 Å². The topological polar surface area (TPSA) is 104 Å². The van der Waals surface area contributed by atoms with E-state index in [9.17, 15) is 14.4 Å². The Morgan fingerprint density at radius 1 is 1.13 bits per heavy atom. The predicted molar refractivity (Wildman–Crippen MR) is 110 cm³/mol. The Hall–Kier alpha value is -3.17. The summed E-state index contributed by atoms with van der Waals surface area (Å²) in [5.74, 6) is -0.970. The molecule has 9 nitrogen and oxygen atoms in total. The molecule has 0 spiro atoms. The van der Waals surface area contributed by atoms with E-state index in [2.05, 4.69) is 15.7 Å². The summed E-state index contributed by atoms with van der Waals surface area (Å²) in [7, 11) is 1.49. The van der Waals surface area contributed by atoms with Crippen molar-refractivity contribution in [2.24, 2.45) is 10.3 Å². The molecule has 2 aromatic rings. The van der Waals surface area contributed by atoms with E-state index in [1.165, 1.54) is 12.1 Å². The normalized spacial score (nSPS) is 20.0. The number of methoxy groups -OCH3 is 1. The largest absolute Gasteiger partial charge is 0.495 e. The average Bonchev–Trinajstić information content (AvgIpc) is 3.23. The molecule has 11 heteroatoms. The lowest BCUT2D eigenvalue weighted by molar-refractivity contribution is -0.123. The van der Waals surface area contributed by atoms with E-state index in [4.69, 9.17) is 27.9 Å². The number of rotatable bonds is 5. The van der Waals surface area contributed by atoms with Crippen LogP contribution in [0.1, 0.15) is 0 Å². The van der Waals surface area contributed by atoms with Crippen molar-refractivity contribution >= 4 is 52.3 Å². The van der Waals surface area contributed by atoms with Crippen LogP contribution in [-0.2, 0) is 14.4 Å². The van der Waals surface area contributed by atoms with Gasteiger partial charge in [-0.15, -0.1) is 0 Å². The Kier molecular flexibility index (Phi) is 5.31. The van der Waals surface area contributed by atoms with Gasteiger partial charge in [0.15, 0.2) is 12.1 Å². The molecule has 0 saturated carbocycles. The molecule has 0 aliphatic carbocycles. The zero-order valence-electron chi connectivity index (χ0n) is 15.6. The Bertz CT molecular complexity index is 1060. The lowest BCUT2D eigenvalue weighted by Gasteiger charge is -2.20. The number of fused-ring (bicyclic) bond motifs is 1. The first kappa shape index (κ1) is 20.1. The number of carbonyl (C=O) groups excluding carboxylic acids is 3. The van der Waals surface area contributed by atoms with Crippen LogP contribution in [0.4, 0.5) is 11.4 Å². The van der Waals surface area contributed by atoms with Crippen LogP contribution < -0.4 is 15.0 Å². The molecule has 0 radical (unpaired) electrons. The van der Waals surface area contributed by atoms with Crippen LogP contribution in [0.5, 0.6) is 5.75 Å². The van der Waals surface area contributed by atoms with Crippen molar-refractivity contribution in [1.29, 1.82) is 0 Å². The van der Waals surface area contributed by atoms with Gasteiger partial charge < -0.3 is 10.1 Å². The van der Waals surface area contributed by atoms with E-state index in [0.717, 1.165) is 4.90 Å². The number of anilines is 2. The van der Waals surface area contributed by atoms with E-state index in [-0.39, 0.29) is 6.54 Å². The van der Waals surface area contributed by atoms with E-state index in [1.807, 2.05) is 0 Å². The smallest absolute Gasteiger partial charge is 0.263 e. The van der Waals surface area contributed by atoms with Crippen LogP contribution in [0.3, 0.4) is 0 Å². The molecule has 2 aromatic carbocycles. The van der Waals surface area contributed by atoms with Crippen molar-refractivity contribution in [1.82, 2.24) is 5.01 Å². The molecule has 4 rings (SSSR count). The van der Waals surface area contributed by atoms with Crippen LogP contribution in [-0.4, -0.2) is 48.5 Å². The number of imide groups is 1. The fourth-order valence-electron chi connectivity index (χ4n) is 3.29. The van der Waals surface area contributed by atoms with Gasteiger partial charge >= 0.3 is 0 Å². The van der Waals surface area contributed by atoms with Gasteiger partial charge in [0, 0.05) is 10.7 Å². The standard InChI is InChI=1S/C19H15Cl2N5O4/c1-30-14-7-4-11(8-13(14)21)22-15(27)9-25-17-16(23-24-25)18(28)26(19(17)29)12-5-2-10(20)3-6-12/h2-8,16-17H,9H2,1H3,(H,22,27). The summed E-state index contributed by atoms with van der Waals surface area (Å²) in [5.41, 5.74) is 0.839. The van der Waals surface area contributed by atoms with Gasteiger partial charge in [0.2, 0.25) is 5.91 Å². The maximum atomic E-state index is 12.9. The van der Waals surface area contributed by atoms with Gasteiger partial charge in [-0.3, -0.25) is 19.4 Å². The number of benzene rings is 2. The molecular formula is C19H15Cl2N5O4. The van der Waals surface area contributed by atoms with Crippen LogP contribution in [0.15, 0.2) is 52.8 Å². The second kappa shape index (κ2) is 7.92. The minimum Gasteiger partial charge on any atom is -0.495 e. The Labute approximate surface area is 181 Å². The van der Waals surface area contributed by atoms with Crippen molar-refractivity contribution in [3.05, 3.63) is 52.5 Å². The first-order chi connectivity index (χ1) is 14.4. The lowest BCUT2D eigenvalue weighted by atomic mass is 10.1. The van der Waals surface area contributed by atoms with E-state index in [1.54, 1.807) is 42.5 Å². The second-order valence-corrected chi connectivity index (χ2v) is 7.42. The summed E-state index contributed by atoms with van der Waals surface area (Å²) >= 11 is 11.9. The molecule has 2 heterocycles. The van der Waals surface area contributed by atoms with Crippen molar-refractivity contribution in [3.63, 3.8) is 0 Å². The Morgan fingerprint density at radius 2 is 1.87 bits per heavy atom. The number of hydrogen-bond acceptors (Lipinski definition) is 7. The van der Waals surface area contributed by atoms with Crippen LogP contribution in [0.2, 0.25) is 10.0 Å². The lowest BCUT2D eigenvalue weighted by Crippen LogP contribution is -2.43. The molecule has 2 unspecified atom stereocenters. The van der Waals surface area contributed by atoms with Gasteiger partial charge in [0.1, 0.15) is 12.3 Å². The monoisotopic (exact) mass is 447 g/mol. The Morgan fingerprint density at radius 3 is 2.53 bits per heavy atom. The molecule has 0 aromatic heterocycles. The minimum atomic E-state index is -0.989. The van der Waals surface area contributed by atoms with Gasteiger partial charge in [-0.2, -0.15) is 5.11 Å². The predicted octanol–water partition coefficient (Wildman–Crippen LogP) is 2.93. The van der Waals surface area contributed by atoms with Gasteiger partial charge in [-0.05, 0) is 42.5 Å². The number of nitrogens with zero attached hydrogens (tertiary/aromatic N) is 4. The summed E-state index contributed by atoms with van der Waals surface area (Å²) in [5, 5.41) is 12.4. The summed E-state index contributed by atoms with van der Waals surface area (Å²) in [6.45, 7) is -0.262. The summed E-state index contributed by atoms with van der Waals surface area (Å²) < 4.78 is 5.07. The highest BCUT2D eigenvalue weighted by atomic mass is 35.5. The number of hydrogen-bond donors (Lipinski definition) is 1. The first-order valence-electron chi connectivity index (χ1n) is 8.83. The molecule has 1 saturated heterocycles. The molecular weight excluding hydrogens is 433 g/mol. The van der Waals surface area contributed by atoms with E-state index >= 15 is 0 Å². The highest BCUT2D eigenvalue weighted by Crippen LogP contribution is 2.32. The van der Waals surface area contributed by atoms with Crippen LogP contribution in [0.25, 0.3) is 0 Å². The third-order valence-corrected chi connectivity index (χ3v) is 5.23. The maximum Gasteiger partial charge on any atom is 0.263 e. The highest BCUT2D eigenvalue weighted by Gasteiger charge is 2.55. The molecule has 2 aliphatic rings. The molecule has 2 aliphatic heterocycles. The molecule has 3 amide bonds. The SMILES string of the molecule is COc1ccc(NC(=O)CN2N=NC3C(=O)N(c4ccc(Cl)cc4)C(=O)C32)cc1Cl. The Balaban J connectivity index is 1.46. The fraction of sp³-hybridized carbons (Fsp3) is 0.211. The zero-order chi connectivity index (χ0) is 21.4. The first-order valence-corrected chi connectivity index (χ1v) is 9.59. The zero-order valence-corrected chi connectivity index (χ0v) is 17.1. The van der Waals surface area contributed by atoms with Gasteiger partial charge in [0.25, 0.3) is 11.8 Å². The molecule has 1 fully saturated rings. The van der Waals surface area contributed by atoms with Gasteiger partial charge in [-0.1, -0.05) is 28.4 Å². The van der Waals surface area contributed by atoms with Crippen LogP contribution in [0, 0.1) is 0 Å². The average molecular weight is 448 g/mol. The van der Waals surface area contributed by atoms with Crippen molar-refractivity contribution < 1.29 is 19.1 Å². The van der Waals surface area contributed by atoms with E-state index in [0.29, 0.717) is 27.2 Å². The molecule has 0 bridgehead atoms. The van der Waals surface area contributed by atoms with E-state index < -0.39 is 29.8 Å². The number of carbonyl (C=O) groups is 3. The van der Waals surface area contributed by atoms with Crippen LogP contribution >= 0.6 is 23.2 Å². The third kappa shape index (κ3) is 3.57. The number of nitrogens with one attached hydrogen (secondary N) is 1. The maximum absolute atomic E-state index is 12.9. The quantitative estimate of drug-likeness (QED) is 0.709. The highest BCUT2D eigenvalue weighted by molar-refractivity contribution is 6.32. The second-order valence-electron chi connectivity index (χ2n) is 6.58. The number of halogens is 2. The van der Waals surface area contributed by atoms with Crippen molar-refractivity contribution in [3.8, 4) is 5.75 Å². The minimum absolute atomic E-state index is 0.262. The van der Waals surface area contributed by atoms with Crippen molar-refractivity contribution in [2.75, 3.05) is 23.9 Å². The number of ether oxygens (including phenoxy) is 1. The van der Waals surface area contributed by atoms with Gasteiger partial charge in [-0.25, -0.2) is 4.90 Å². The molecule has 1 N–H and O–H groups in total. The summed E-state index contributed by atoms with van der Waals surface area (Å²) in [4.78, 5) is 39.0. The summed E-state index contributed by atoms with van der Waals surface area (Å²) in [6.07, 6.45) is 0. The molecule has 154 valence electrons. The number of amides is 3. The fourth-order valence-corrected chi connectivity index (χ4v) is 3.67. The van der Waals surface area contributed by atoms with Crippen molar-refractivity contribution in [2.45, 2.75) is 12.1 Å². The molecule has 30 heavy (non-hydrogen) atoms. The summed E-state index contributed by atoms with van der Waals surface area (Å²) in [6, 6.07) is 9.13.